The van der Waals surface area contributed by atoms with E-state index in [9.17, 15) is 18.0 Å². The summed E-state index contributed by atoms with van der Waals surface area (Å²) in [6.07, 6.45) is 2.27. The summed E-state index contributed by atoms with van der Waals surface area (Å²) >= 11 is 0. The Kier molecular flexibility index (Phi) is 6.68. The van der Waals surface area contributed by atoms with Crippen LogP contribution in [0.2, 0.25) is 0 Å². The van der Waals surface area contributed by atoms with Crippen LogP contribution in [0.25, 0.3) is 11.1 Å². The smallest absolute Gasteiger partial charge is 0.406 e. The Morgan fingerprint density at radius 1 is 1.13 bits per heavy atom. The van der Waals surface area contributed by atoms with Gasteiger partial charge in [-0.2, -0.15) is 0 Å². The highest BCUT2D eigenvalue weighted by Crippen LogP contribution is 2.29. The van der Waals surface area contributed by atoms with Crippen molar-refractivity contribution in [1.29, 1.82) is 0 Å². The number of benzene rings is 1. The fraction of sp³-hybridized carbons (Fsp3) is 0.238. The number of hydrogen-bond acceptors (Lipinski definition) is 6. The van der Waals surface area contributed by atoms with Gasteiger partial charge in [0.25, 0.3) is 5.91 Å². The lowest BCUT2D eigenvalue weighted by Crippen LogP contribution is -2.21. The van der Waals surface area contributed by atoms with Crippen molar-refractivity contribution in [1.82, 2.24) is 15.0 Å². The maximum atomic E-state index is 12.7. The lowest BCUT2D eigenvalue weighted by Gasteiger charge is -2.21. The first-order valence-electron chi connectivity index (χ1n) is 9.40. The highest BCUT2D eigenvalue weighted by Gasteiger charge is 2.31. The summed E-state index contributed by atoms with van der Waals surface area (Å²) in [6.45, 7) is 2.82. The molecule has 2 heterocycles. The largest absolute Gasteiger partial charge is 0.573 e. The van der Waals surface area contributed by atoms with E-state index in [4.69, 9.17) is 0 Å². The van der Waals surface area contributed by atoms with Gasteiger partial charge in [-0.3, -0.25) is 4.79 Å². The third-order valence-corrected chi connectivity index (χ3v) is 4.27. The van der Waals surface area contributed by atoms with Crippen LogP contribution in [0.15, 0.2) is 55.2 Å². The van der Waals surface area contributed by atoms with Gasteiger partial charge in [-0.05, 0) is 36.8 Å². The van der Waals surface area contributed by atoms with Gasteiger partial charge < -0.3 is 15.0 Å². The minimum absolute atomic E-state index is 0.281. The Labute approximate surface area is 176 Å². The summed E-state index contributed by atoms with van der Waals surface area (Å²) in [5, 5.41) is 2.64. The number of halogens is 3. The monoisotopic (exact) mass is 431 g/mol. The van der Waals surface area contributed by atoms with E-state index in [2.05, 4.69) is 31.9 Å². The number of nitrogens with zero attached hydrogens (tertiary/aromatic N) is 4. The molecule has 31 heavy (non-hydrogen) atoms. The van der Waals surface area contributed by atoms with E-state index < -0.39 is 12.3 Å². The molecule has 0 aliphatic carbocycles. The molecule has 3 rings (SSSR count). The van der Waals surface area contributed by atoms with Crippen molar-refractivity contribution in [3.8, 4) is 16.9 Å². The summed E-state index contributed by atoms with van der Waals surface area (Å²) in [5.74, 6) is -0.150. The molecule has 7 nitrogen and oxygen atoms in total. The average Bonchev–Trinajstić information content (AvgIpc) is 2.74. The predicted octanol–water partition coefficient (Wildman–Crippen LogP) is 4.54. The number of amides is 1. The molecule has 0 aliphatic heterocycles. The normalized spacial score (nSPS) is 11.1. The Hall–Kier alpha value is -3.69. The van der Waals surface area contributed by atoms with Crippen molar-refractivity contribution in [3.05, 3.63) is 60.8 Å². The van der Waals surface area contributed by atoms with Crippen molar-refractivity contribution < 1.29 is 22.7 Å². The third-order valence-electron chi connectivity index (χ3n) is 4.27. The second kappa shape index (κ2) is 9.41. The van der Waals surface area contributed by atoms with Gasteiger partial charge in [0.05, 0.1) is 5.56 Å². The topological polar surface area (TPSA) is 80.2 Å². The van der Waals surface area contributed by atoms with Gasteiger partial charge in [0, 0.05) is 49.0 Å². The van der Waals surface area contributed by atoms with Crippen molar-refractivity contribution in [3.63, 3.8) is 0 Å². The third kappa shape index (κ3) is 5.91. The van der Waals surface area contributed by atoms with E-state index >= 15 is 0 Å². The molecule has 0 radical (unpaired) electrons. The van der Waals surface area contributed by atoms with Crippen molar-refractivity contribution in [2.45, 2.75) is 19.7 Å². The predicted molar refractivity (Wildman–Crippen MR) is 110 cm³/mol. The Bertz CT molecular complexity index is 1030. The van der Waals surface area contributed by atoms with Gasteiger partial charge in [0.1, 0.15) is 17.9 Å². The van der Waals surface area contributed by atoms with Gasteiger partial charge in [-0.25, -0.2) is 15.0 Å². The van der Waals surface area contributed by atoms with Crippen LogP contribution in [0.3, 0.4) is 0 Å². The fourth-order valence-electron chi connectivity index (χ4n) is 2.92. The Morgan fingerprint density at radius 3 is 2.42 bits per heavy atom. The van der Waals surface area contributed by atoms with Gasteiger partial charge >= 0.3 is 6.36 Å². The minimum atomic E-state index is -4.78. The number of nitrogens with one attached hydrogen (secondary N) is 1. The molecule has 0 bridgehead atoms. The summed E-state index contributed by atoms with van der Waals surface area (Å²) in [6, 6.07) is 6.57. The maximum absolute atomic E-state index is 12.7. The zero-order valence-corrected chi connectivity index (χ0v) is 16.8. The Balaban J connectivity index is 1.84. The molecule has 0 aliphatic rings. The van der Waals surface area contributed by atoms with E-state index in [0.717, 1.165) is 25.1 Å². The van der Waals surface area contributed by atoms with Crippen LogP contribution in [0.5, 0.6) is 5.75 Å². The van der Waals surface area contributed by atoms with Gasteiger partial charge in [0.2, 0.25) is 0 Å². The molecule has 10 heteroatoms. The number of hydrogen-bond donors (Lipinski definition) is 1. The van der Waals surface area contributed by atoms with Crippen molar-refractivity contribution in [2.24, 2.45) is 0 Å². The number of aromatic nitrogens is 3. The maximum Gasteiger partial charge on any atom is 0.573 e. The van der Waals surface area contributed by atoms with Gasteiger partial charge in [0.15, 0.2) is 0 Å². The molecule has 1 amide bonds. The van der Waals surface area contributed by atoms with Crippen LogP contribution in [0, 0.1) is 0 Å². The first-order chi connectivity index (χ1) is 14.8. The quantitative estimate of drug-likeness (QED) is 0.592. The summed E-state index contributed by atoms with van der Waals surface area (Å²) in [7, 11) is 1.91. The molecule has 1 aromatic carbocycles. The second-order valence-electron chi connectivity index (χ2n) is 6.67. The zero-order chi connectivity index (χ0) is 22.4. The molecular weight excluding hydrogens is 411 g/mol. The van der Waals surface area contributed by atoms with Crippen molar-refractivity contribution >= 4 is 17.4 Å². The zero-order valence-electron chi connectivity index (χ0n) is 16.8. The molecule has 0 saturated heterocycles. The van der Waals surface area contributed by atoms with E-state index in [0.29, 0.717) is 22.6 Å². The van der Waals surface area contributed by atoms with Gasteiger partial charge in [-0.15, -0.1) is 13.2 Å². The number of carbonyl (C=O) groups excluding carboxylic acids is 1. The first-order valence-corrected chi connectivity index (χ1v) is 9.40. The lowest BCUT2D eigenvalue weighted by atomic mass is 10.1. The second-order valence-corrected chi connectivity index (χ2v) is 6.67. The summed E-state index contributed by atoms with van der Waals surface area (Å²) < 4.78 is 40.7. The van der Waals surface area contributed by atoms with E-state index in [1.54, 1.807) is 18.5 Å². The number of anilines is 2. The number of alkyl halides is 3. The fourth-order valence-corrected chi connectivity index (χ4v) is 2.92. The lowest BCUT2D eigenvalue weighted by molar-refractivity contribution is -0.274. The molecule has 2 aromatic heterocycles. The number of carbonyl (C=O) groups is 1. The summed E-state index contributed by atoms with van der Waals surface area (Å²) in [4.78, 5) is 27.2. The standard InChI is InChI=1S/C21H20F3N5O2/c1-3-8-29(2)19-18(15-10-25-13-26-11-15)9-14(12-27-19)20(30)28-16-4-6-17(7-5-16)31-21(22,23)24/h4-7,9-13H,3,8H2,1-2H3,(H,28,30). The van der Waals surface area contributed by atoms with E-state index in [1.807, 2.05) is 11.9 Å². The van der Waals surface area contributed by atoms with Crippen LogP contribution in [-0.4, -0.2) is 40.8 Å². The van der Waals surface area contributed by atoms with Gasteiger partial charge in [-0.1, -0.05) is 6.92 Å². The highest BCUT2D eigenvalue weighted by atomic mass is 19.4. The highest BCUT2D eigenvalue weighted by molar-refractivity contribution is 6.05. The molecule has 0 atom stereocenters. The molecule has 1 N–H and O–H groups in total. The first kappa shape index (κ1) is 22.0. The van der Waals surface area contributed by atoms with Crippen LogP contribution in [-0.2, 0) is 0 Å². The number of rotatable bonds is 7. The molecule has 0 spiro atoms. The molecule has 162 valence electrons. The molecule has 0 saturated carbocycles. The van der Waals surface area contributed by atoms with Crippen LogP contribution in [0.1, 0.15) is 23.7 Å². The number of pyridine rings is 1. The average molecular weight is 431 g/mol. The molecular formula is C21H20F3N5O2. The molecule has 0 unspecified atom stereocenters. The Morgan fingerprint density at radius 2 is 1.81 bits per heavy atom. The molecule has 3 aromatic rings. The van der Waals surface area contributed by atoms with E-state index in [1.165, 1.54) is 24.7 Å². The SMILES string of the molecule is CCCN(C)c1ncc(C(=O)Nc2ccc(OC(F)(F)F)cc2)cc1-c1cncnc1. The van der Waals surface area contributed by atoms with Crippen LogP contribution in [0.4, 0.5) is 24.7 Å². The number of ether oxygens (including phenoxy) is 1. The van der Waals surface area contributed by atoms with E-state index in [-0.39, 0.29) is 11.3 Å². The van der Waals surface area contributed by atoms with Crippen molar-refractivity contribution in [2.75, 3.05) is 23.8 Å². The minimum Gasteiger partial charge on any atom is -0.406 e. The molecule has 0 fully saturated rings. The van der Waals surface area contributed by atoms with Crippen LogP contribution >= 0.6 is 0 Å². The summed E-state index contributed by atoms with van der Waals surface area (Å²) in [5.41, 5.74) is 1.99. The van der Waals surface area contributed by atoms with Crippen LogP contribution < -0.4 is 15.0 Å².